The van der Waals surface area contributed by atoms with Crippen LogP contribution in [0.25, 0.3) is 0 Å². The third kappa shape index (κ3) is 5.37. The molecule has 1 atom stereocenters. The van der Waals surface area contributed by atoms with E-state index >= 15 is 0 Å². The van der Waals surface area contributed by atoms with Crippen LogP contribution in [0.1, 0.15) is 36.5 Å². The first-order chi connectivity index (χ1) is 14.9. The summed E-state index contributed by atoms with van der Waals surface area (Å²) >= 11 is 0. The van der Waals surface area contributed by atoms with Crippen LogP contribution in [0.4, 0.5) is 0 Å². The van der Waals surface area contributed by atoms with Crippen LogP contribution in [0.2, 0.25) is 0 Å². The summed E-state index contributed by atoms with van der Waals surface area (Å²) in [6.07, 6.45) is 1.21. The number of carbonyl (C=O) groups excluding carboxylic acids is 1. The Bertz CT molecular complexity index is 1120. The molecule has 0 unspecified atom stereocenters. The van der Waals surface area contributed by atoms with Crippen molar-refractivity contribution in [2.45, 2.75) is 44.6 Å². The second kappa shape index (κ2) is 9.86. The normalized spacial score (nSPS) is 16.3. The summed E-state index contributed by atoms with van der Waals surface area (Å²) in [6.45, 7) is 4.49. The first-order valence-corrected chi connectivity index (χ1v) is 11.7. The second-order valence-corrected chi connectivity index (χ2v) is 9.25. The zero-order valence-corrected chi connectivity index (χ0v) is 18.5. The third-order valence-corrected chi connectivity index (χ3v) is 6.87. The van der Waals surface area contributed by atoms with E-state index in [9.17, 15) is 13.2 Å². The van der Waals surface area contributed by atoms with Crippen molar-refractivity contribution in [3.05, 3.63) is 65.2 Å². The summed E-state index contributed by atoms with van der Waals surface area (Å²) < 4.78 is 27.7. The van der Waals surface area contributed by atoms with E-state index in [2.05, 4.69) is 9.82 Å². The first kappa shape index (κ1) is 22.7. The number of hydrogen-bond acceptors (Lipinski definition) is 5. The zero-order valence-electron chi connectivity index (χ0n) is 17.7. The van der Waals surface area contributed by atoms with Crippen LogP contribution >= 0.6 is 0 Å². The van der Waals surface area contributed by atoms with E-state index in [1.165, 1.54) is 17.1 Å². The maximum absolute atomic E-state index is 12.9. The van der Waals surface area contributed by atoms with Gasteiger partial charge in [0, 0.05) is 6.54 Å². The number of nitriles is 1. The molecule has 0 fully saturated rings. The molecule has 1 aliphatic rings. The molecular weight excluding hydrogens is 412 g/mol. The van der Waals surface area contributed by atoms with Crippen molar-refractivity contribution in [3.8, 4) is 6.07 Å². The van der Waals surface area contributed by atoms with Gasteiger partial charge in [0.25, 0.3) is 5.91 Å². The first-order valence-electron chi connectivity index (χ1n) is 10.2. The predicted octanol–water partition coefficient (Wildman–Crippen LogP) is 3.15. The molecule has 0 bridgehead atoms. The lowest BCUT2D eigenvalue weighted by atomic mass is 9.97. The predicted molar refractivity (Wildman–Crippen MR) is 119 cm³/mol. The highest BCUT2D eigenvalue weighted by Crippen LogP contribution is 2.24. The van der Waals surface area contributed by atoms with Crippen LogP contribution in [0.3, 0.4) is 0 Å². The fraction of sp³-hybridized carbons (Fsp3) is 0.348. The molecule has 162 valence electrons. The minimum absolute atomic E-state index is 0.0971. The minimum Gasteiger partial charge on any atom is -0.272 e. The van der Waals surface area contributed by atoms with Crippen molar-refractivity contribution in [1.29, 1.82) is 5.26 Å². The number of nitrogens with zero attached hydrogens (tertiary/aromatic N) is 3. The lowest BCUT2D eigenvalue weighted by Gasteiger charge is -2.16. The fourth-order valence-electron chi connectivity index (χ4n) is 3.56. The van der Waals surface area contributed by atoms with Gasteiger partial charge in [0.1, 0.15) is 0 Å². The van der Waals surface area contributed by atoms with Gasteiger partial charge in [-0.3, -0.25) is 4.79 Å². The number of hydrazone groups is 1. The average Bonchev–Trinajstić information content (AvgIpc) is 3.05. The molecule has 3 rings (SSSR count). The Labute approximate surface area is 183 Å². The molecule has 1 heterocycles. The Hall–Kier alpha value is -3.02. The van der Waals surface area contributed by atoms with Gasteiger partial charge in [-0.25, -0.2) is 18.1 Å². The van der Waals surface area contributed by atoms with Crippen LogP contribution in [0.5, 0.6) is 0 Å². The van der Waals surface area contributed by atoms with E-state index in [1.807, 2.05) is 44.2 Å². The Morgan fingerprint density at radius 1 is 1.16 bits per heavy atom. The monoisotopic (exact) mass is 438 g/mol. The van der Waals surface area contributed by atoms with E-state index in [4.69, 9.17) is 5.26 Å². The molecule has 8 heteroatoms. The Balaban J connectivity index is 1.62. The Morgan fingerprint density at radius 2 is 1.87 bits per heavy atom. The maximum Gasteiger partial charge on any atom is 0.251 e. The van der Waals surface area contributed by atoms with Crippen LogP contribution in [-0.2, 0) is 27.8 Å². The number of hydrogen-bond donors (Lipinski definition) is 1. The largest absolute Gasteiger partial charge is 0.272 e. The summed E-state index contributed by atoms with van der Waals surface area (Å²) in [5, 5.41) is 14.7. The van der Waals surface area contributed by atoms with E-state index in [-0.39, 0.29) is 23.8 Å². The molecular formula is C23H26N4O3S. The van der Waals surface area contributed by atoms with E-state index in [0.717, 1.165) is 22.4 Å². The van der Waals surface area contributed by atoms with Crippen LogP contribution in [-0.4, -0.2) is 31.6 Å². The van der Waals surface area contributed by atoms with Crippen molar-refractivity contribution in [2.75, 3.05) is 6.54 Å². The Morgan fingerprint density at radius 3 is 2.52 bits per heavy atom. The molecule has 0 saturated carbocycles. The van der Waals surface area contributed by atoms with Crippen LogP contribution in [0.15, 0.2) is 58.5 Å². The van der Waals surface area contributed by atoms with Gasteiger partial charge in [0.05, 0.1) is 35.6 Å². The van der Waals surface area contributed by atoms with Gasteiger partial charge in [-0.05, 0) is 48.6 Å². The highest BCUT2D eigenvalue weighted by Gasteiger charge is 2.34. The number of rotatable bonds is 9. The lowest BCUT2D eigenvalue weighted by molar-refractivity contribution is -0.132. The third-order valence-electron chi connectivity index (χ3n) is 5.39. The number of carbonyl (C=O) groups is 1. The Kier molecular flexibility index (Phi) is 7.21. The summed E-state index contributed by atoms with van der Waals surface area (Å²) in [5.74, 6) is -0.519. The maximum atomic E-state index is 12.9. The lowest BCUT2D eigenvalue weighted by Crippen LogP contribution is -2.32. The highest BCUT2D eigenvalue weighted by atomic mass is 32.2. The molecule has 0 aromatic heterocycles. The van der Waals surface area contributed by atoms with Gasteiger partial charge < -0.3 is 0 Å². The van der Waals surface area contributed by atoms with Gasteiger partial charge in [-0.2, -0.15) is 10.4 Å². The van der Waals surface area contributed by atoms with Crippen molar-refractivity contribution >= 4 is 21.6 Å². The SMILES string of the molecule is CCC1=NN(Cc2ccccc2C)C(=O)[C@@H]1CCNS(=O)(=O)c1ccc(CC#N)cc1. The van der Waals surface area contributed by atoms with Gasteiger partial charge in [0.15, 0.2) is 0 Å². The average molecular weight is 439 g/mol. The molecule has 1 amide bonds. The van der Waals surface area contributed by atoms with Gasteiger partial charge in [0.2, 0.25) is 10.0 Å². The van der Waals surface area contributed by atoms with Crippen molar-refractivity contribution < 1.29 is 13.2 Å². The summed E-state index contributed by atoms with van der Waals surface area (Å²) in [6, 6.07) is 16.1. The van der Waals surface area contributed by atoms with E-state index in [1.54, 1.807) is 12.1 Å². The van der Waals surface area contributed by atoms with Gasteiger partial charge in [-0.15, -0.1) is 0 Å². The topological polar surface area (TPSA) is 103 Å². The van der Waals surface area contributed by atoms with E-state index in [0.29, 0.717) is 19.4 Å². The molecule has 31 heavy (non-hydrogen) atoms. The highest BCUT2D eigenvalue weighted by molar-refractivity contribution is 7.89. The fourth-order valence-corrected chi connectivity index (χ4v) is 4.61. The zero-order chi connectivity index (χ0) is 22.4. The molecule has 7 nitrogen and oxygen atoms in total. The summed E-state index contributed by atoms with van der Waals surface area (Å²) in [4.78, 5) is 13.1. The molecule has 0 radical (unpaired) electrons. The standard InChI is InChI=1S/C23H26N4O3S/c1-3-22-21(23(28)27(26-22)16-19-7-5-4-6-17(19)2)13-15-25-31(29,30)20-10-8-18(9-11-20)12-14-24/h4-11,21,25H,3,12-13,15-16H2,1-2H3/t21-/m1/s1. The van der Waals surface area contributed by atoms with Gasteiger partial charge in [-0.1, -0.05) is 43.3 Å². The summed E-state index contributed by atoms with van der Waals surface area (Å²) in [5.41, 5.74) is 3.67. The molecule has 0 saturated heterocycles. The van der Waals surface area contributed by atoms with Crippen LogP contribution < -0.4 is 4.72 Å². The second-order valence-electron chi connectivity index (χ2n) is 7.49. The number of aryl methyl sites for hydroxylation is 1. The van der Waals surface area contributed by atoms with Crippen molar-refractivity contribution in [1.82, 2.24) is 9.73 Å². The number of sulfonamides is 1. The number of benzene rings is 2. The van der Waals surface area contributed by atoms with Crippen molar-refractivity contribution in [2.24, 2.45) is 11.0 Å². The smallest absolute Gasteiger partial charge is 0.251 e. The number of amides is 1. The molecule has 1 aliphatic heterocycles. The molecule has 1 N–H and O–H groups in total. The molecule has 0 spiro atoms. The molecule has 0 aliphatic carbocycles. The van der Waals surface area contributed by atoms with Crippen molar-refractivity contribution in [3.63, 3.8) is 0 Å². The minimum atomic E-state index is -3.69. The van der Waals surface area contributed by atoms with E-state index < -0.39 is 15.9 Å². The molecule has 2 aromatic carbocycles. The molecule has 2 aromatic rings. The van der Waals surface area contributed by atoms with Crippen LogP contribution in [0, 0.1) is 24.2 Å². The van der Waals surface area contributed by atoms with Gasteiger partial charge >= 0.3 is 0 Å². The summed E-state index contributed by atoms with van der Waals surface area (Å²) in [7, 11) is -3.69. The number of nitrogens with one attached hydrogen (secondary N) is 1. The quantitative estimate of drug-likeness (QED) is 0.649.